The molecule has 1 heterocycles. The Morgan fingerprint density at radius 1 is 1.27 bits per heavy atom. The first-order valence-corrected chi connectivity index (χ1v) is 5.92. The van der Waals surface area contributed by atoms with Crippen LogP contribution >= 0.6 is 21.6 Å². The van der Waals surface area contributed by atoms with Crippen molar-refractivity contribution in [2.45, 2.75) is 12.8 Å². The fourth-order valence-electron chi connectivity index (χ4n) is 0.968. The summed E-state index contributed by atoms with van der Waals surface area (Å²) >= 11 is 0. The summed E-state index contributed by atoms with van der Waals surface area (Å²) in [6.45, 7) is 7.48. The number of allylic oxidation sites excluding steroid dienone is 3. The molecule has 1 aliphatic rings. The summed E-state index contributed by atoms with van der Waals surface area (Å²) in [5.74, 6) is 1.17. The first kappa shape index (κ1) is 9.01. The maximum Gasteiger partial charge on any atom is 0.0265 e. The van der Waals surface area contributed by atoms with Gasteiger partial charge in [-0.15, -0.1) is 13.2 Å². The van der Waals surface area contributed by atoms with Crippen molar-refractivity contribution in [2.24, 2.45) is 0 Å². The SMILES string of the molecule is C=CCC1=C(CC=C)SSC1. The van der Waals surface area contributed by atoms with Gasteiger partial charge in [-0.05, 0) is 23.3 Å². The van der Waals surface area contributed by atoms with Crippen LogP contribution in [0.3, 0.4) is 0 Å². The minimum absolute atomic E-state index is 1.03. The smallest absolute Gasteiger partial charge is 0.0265 e. The van der Waals surface area contributed by atoms with Gasteiger partial charge >= 0.3 is 0 Å². The summed E-state index contributed by atoms with van der Waals surface area (Å²) in [5.41, 5.74) is 1.54. The van der Waals surface area contributed by atoms with Crippen molar-refractivity contribution in [3.63, 3.8) is 0 Å². The first-order valence-electron chi connectivity index (χ1n) is 3.60. The topological polar surface area (TPSA) is 0 Å². The Bertz CT molecular complexity index is 172. The van der Waals surface area contributed by atoms with E-state index in [4.69, 9.17) is 0 Å². The van der Waals surface area contributed by atoms with Gasteiger partial charge in [0.15, 0.2) is 0 Å². The predicted molar refractivity (Wildman–Crippen MR) is 56.7 cm³/mol. The Labute approximate surface area is 76.2 Å². The Balaban J connectivity index is 2.60. The quantitative estimate of drug-likeness (QED) is 0.481. The van der Waals surface area contributed by atoms with Crippen molar-refractivity contribution < 1.29 is 0 Å². The van der Waals surface area contributed by atoms with E-state index in [1.807, 2.05) is 33.7 Å². The molecule has 0 aromatic rings. The second-order valence-electron chi connectivity index (χ2n) is 2.36. The lowest BCUT2D eigenvalue weighted by molar-refractivity contribution is 1.18. The highest BCUT2D eigenvalue weighted by Crippen LogP contribution is 2.44. The van der Waals surface area contributed by atoms with E-state index in [1.165, 1.54) is 16.2 Å². The van der Waals surface area contributed by atoms with Crippen LogP contribution in [0.15, 0.2) is 35.8 Å². The summed E-state index contributed by atoms with van der Waals surface area (Å²) < 4.78 is 0. The summed E-state index contributed by atoms with van der Waals surface area (Å²) in [6.07, 6.45) is 6.02. The van der Waals surface area contributed by atoms with E-state index in [0.29, 0.717) is 0 Å². The zero-order chi connectivity index (χ0) is 8.10. The molecule has 0 saturated carbocycles. The lowest BCUT2D eigenvalue weighted by Gasteiger charge is -1.98. The lowest BCUT2D eigenvalue weighted by atomic mass is 10.2. The minimum atomic E-state index is 1.03. The van der Waals surface area contributed by atoms with E-state index in [2.05, 4.69) is 13.2 Å². The van der Waals surface area contributed by atoms with Crippen molar-refractivity contribution in [2.75, 3.05) is 5.75 Å². The summed E-state index contributed by atoms with van der Waals surface area (Å²) in [4.78, 5) is 1.49. The van der Waals surface area contributed by atoms with Crippen molar-refractivity contribution in [1.82, 2.24) is 0 Å². The van der Waals surface area contributed by atoms with Crippen molar-refractivity contribution >= 4 is 21.6 Å². The van der Waals surface area contributed by atoms with Gasteiger partial charge in [-0.2, -0.15) is 0 Å². The Kier molecular flexibility index (Phi) is 3.87. The molecular weight excluding hydrogens is 172 g/mol. The van der Waals surface area contributed by atoms with Gasteiger partial charge in [0.05, 0.1) is 0 Å². The average Bonchev–Trinajstić information content (AvgIpc) is 2.39. The molecule has 0 spiro atoms. The highest BCUT2D eigenvalue weighted by atomic mass is 33.1. The van der Waals surface area contributed by atoms with Gasteiger partial charge in [-0.25, -0.2) is 0 Å². The van der Waals surface area contributed by atoms with E-state index in [1.54, 1.807) is 0 Å². The van der Waals surface area contributed by atoms with E-state index < -0.39 is 0 Å². The molecule has 0 amide bonds. The molecular formula is C9H12S2. The zero-order valence-corrected chi connectivity index (χ0v) is 8.14. The summed E-state index contributed by atoms with van der Waals surface area (Å²) in [5, 5.41) is 0. The second kappa shape index (κ2) is 4.73. The van der Waals surface area contributed by atoms with Gasteiger partial charge in [-0.3, -0.25) is 0 Å². The van der Waals surface area contributed by atoms with Crippen LogP contribution in [0.4, 0.5) is 0 Å². The van der Waals surface area contributed by atoms with E-state index in [-0.39, 0.29) is 0 Å². The maximum absolute atomic E-state index is 3.74. The third kappa shape index (κ3) is 2.46. The van der Waals surface area contributed by atoms with Crippen molar-refractivity contribution in [1.29, 1.82) is 0 Å². The van der Waals surface area contributed by atoms with E-state index in [0.717, 1.165) is 12.8 Å². The fourth-order valence-corrected chi connectivity index (χ4v) is 3.74. The Morgan fingerprint density at radius 2 is 2.00 bits per heavy atom. The van der Waals surface area contributed by atoms with Gasteiger partial charge in [0.25, 0.3) is 0 Å². The molecule has 0 bridgehead atoms. The normalized spacial score (nSPS) is 17.1. The van der Waals surface area contributed by atoms with Gasteiger partial charge < -0.3 is 0 Å². The largest absolute Gasteiger partial charge is 0.103 e. The molecule has 0 unspecified atom stereocenters. The highest BCUT2D eigenvalue weighted by molar-refractivity contribution is 8.78. The third-order valence-corrected chi connectivity index (χ3v) is 4.06. The van der Waals surface area contributed by atoms with Gasteiger partial charge in [0, 0.05) is 5.75 Å². The van der Waals surface area contributed by atoms with Crippen LogP contribution in [-0.4, -0.2) is 5.75 Å². The van der Waals surface area contributed by atoms with Gasteiger partial charge in [-0.1, -0.05) is 33.7 Å². The Morgan fingerprint density at radius 3 is 2.64 bits per heavy atom. The fraction of sp³-hybridized carbons (Fsp3) is 0.333. The summed E-state index contributed by atoms with van der Waals surface area (Å²) in [6, 6.07) is 0. The van der Waals surface area contributed by atoms with Crippen LogP contribution in [0.25, 0.3) is 0 Å². The molecule has 0 saturated heterocycles. The minimum Gasteiger partial charge on any atom is -0.103 e. The molecule has 1 aliphatic heterocycles. The second-order valence-corrected chi connectivity index (χ2v) is 4.75. The number of hydrogen-bond donors (Lipinski definition) is 0. The third-order valence-electron chi connectivity index (χ3n) is 1.51. The van der Waals surface area contributed by atoms with Crippen molar-refractivity contribution in [3.8, 4) is 0 Å². The van der Waals surface area contributed by atoms with E-state index in [9.17, 15) is 0 Å². The van der Waals surface area contributed by atoms with Crippen LogP contribution in [0.1, 0.15) is 12.8 Å². The Hall–Kier alpha value is -0.0800. The highest BCUT2D eigenvalue weighted by Gasteiger charge is 2.12. The molecule has 0 aromatic carbocycles. The zero-order valence-electron chi connectivity index (χ0n) is 6.51. The monoisotopic (exact) mass is 184 g/mol. The molecule has 0 aliphatic carbocycles. The van der Waals surface area contributed by atoms with Crippen LogP contribution in [0.5, 0.6) is 0 Å². The molecule has 0 N–H and O–H groups in total. The molecule has 0 nitrogen and oxygen atoms in total. The van der Waals surface area contributed by atoms with Crippen LogP contribution in [0.2, 0.25) is 0 Å². The standard InChI is InChI=1S/C9H12S2/c1-3-5-8-7-10-11-9(8)6-4-2/h3-4H,1-2,5-7H2. The predicted octanol–water partition coefficient (Wildman–Crippen LogP) is 3.79. The van der Waals surface area contributed by atoms with Crippen LogP contribution < -0.4 is 0 Å². The molecule has 0 radical (unpaired) electrons. The van der Waals surface area contributed by atoms with Crippen molar-refractivity contribution in [3.05, 3.63) is 35.8 Å². The molecule has 11 heavy (non-hydrogen) atoms. The molecule has 0 aromatic heterocycles. The van der Waals surface area contributed by atoms with Crippen LogP contribution in [0, 0.1) is 0 Å². The molecule has 0 atom stereocenters. The van der Waals surface area contributed by atoms with E-state index >= 15 is 0 Å². The van der Waals surface area contributed by atoms with Crippen LogP contribution in [-0.2, 0) is 0 Å². The lowest BCUT2D eigenvalue weighted by Crippen LogP contribution is -1.82. The molecule has 60 valence electrons. The average molecular weight is 184 g/mol. The summed E-state index contributed by atoms with van der Waals surface area (Å²) in [7, 11) is 3.81. The maximum atomic E-state index is 3.74. The molecule has 2 heteroatoms. The molecule has 1 rings (SSSR count). The van der Waals surface area contributed by atoms with Gasteiger partial charge in [0.1, 0.15) is 0 Å². The van der Waals surface area contributed by atoms with Gasteiger partial charge in [0.2, 0.25) is 0 Å². The first-order chi connectivity index (χ1) is 5.38. The number of rotatable bonds is 4. The number of hydrogen-bond acceptors (Lipinski definition) is 2. The molecule has 0 fully saturated rings.